The summed E-state index contributed by atoms with van der Waals surface area (Å²) in [5.74, 6) is 0.368. The molecule has 2 atom stereocenters. The quantitative estimate of drug-likeness (QED) is 0.879. The average Bonchev–Trinajstić information content (AvgIpc) is 2.47. The van der Waals surface area contributed by atoms with E-state index in [2.05, 4.69) is 30.1 Å². The van der Waals surface area contributed by atoms with E-state index in [0.717, 1.165) is 36.6 Å². The molecule has 1 aliphatic carbocycles. The largest absolute Gasteiger partial charge is 0.385 e. The molecular formula is C17H21NO. The van der Waals surface area contributed by atoms with Gasteiger partial charge in [-0.3, -0.25) is 4.98 Å². The van der Waals surface area contributed by atoms with Crippen LogP contribution >= 0.6 is 0 Å². The van der Waals surface area contributed by atoms with Gasteiger partial charge in [-0.05, 0) is 35.8 Å². The van der Waals surface area contributed by atoms with E-state index in [1.165, 1.54) is 11.8 Å². The molecule has 2 unspecified atom stereocenters. The van der Waals surface area contributed by atoms with Crippen LogP contribution in [-0.4, -0.2) is 10.1 Å². The van der Waals surface area contributed by atoms with Crippen LogP contribution in [0.2, 0.25) is 0 Å². The van der Waals surface area contributed by atoms with Crippen LogP contribution in [0.25, 0.3) is 10.8 Å². The van der Waals surface area contributed by atoms with Crippen LogP contribution in [0.4, 0.5) is 0 Å². The van der Waals surface area contributed by atoms with Crippen LogP contribution in [-0.2, 0) is 5.60 Å². The van der Waals surface area contributed by atoms with Crippen molar-refractivity contribution in [1.82, 2.24) is 4.98 Å². The molecule has 0 bridgehead atoms. The molecule has 1 fully saturated rings. The number of pyridine rings is 1. The van der Waals surface area contributed by atoms with Gasteiger partial charge in [0, 0.05) is 17.8 Å². The van der Waals surface area contributed by atoms with E-state index < -0.39 is 5.60 Å². The van der Waals surface area contributed by atoms with E-state index in [4.69, 9.17) is 0 Å². The van der Waals surface area contributed by atoms with Crippen molar-refractivity contribution < 1.29 is 5.11 Å². The first-order valence-electron chi connectivity index (χ1n) is 7.31. The molecule has 2 nitrogen and oxygen atoms in total. The van der Waals surface area contributed by atoms with Crippen molar-refractivity contribution in [2.45, 2.75) is 44.6 Å². The summed E-state index contributed by atoms with van der Waals surface area (Å²) in [7, 11) is 0. The highest BCUT2D eigenvalue weighted by Crippen LogP contribution is 2.45. The summed E-state index contributed by atoms with van der Waals surface area (Å²) in [5, 5.41) is 13.5. The van der Waals surface area contributed by atoms with Gasteiger partial charge in [0.25, 0.3) is 0 Å². The van der Waals surface area contributed by atoms with E-state index in [1.807, 2.05) is 18.5 Å². The van der Waals surface area contributed by atoms with Crippen molar-refractivity contribution in [1.29, 1.82) is 0 Å². The van der Waals surface area contributed by atoms with Gasteiger partial charge in [-0.25, -0.2) is 0 Å². The molecule has 3 rings (SSSR count). The highest BCUT2D eigenvalue weighted by Gasteiger charge is 2.40. The Kier molecular flexibility index (Phi) is 3.28. The van der Waals surface area contributed by atoms with Gasteiger partial charge in [-0.2, -0.15) is 0 Å². The summed E-state index contributed by atoms with van der Waals surface area (Å²) in [4.78, 5) is 4.24. The Morgan fingerprint density at radius 1 is 1.32 bits per heavy atom. The maximum atomic E-state index is 11.3. The fourth-order valence-corrected chi connectivity index (χ4v) is 3.62. The van der Waals surface area contributed by atoms with Crippen molar-refractivity contribution in [3.8, 4) is 0 Å². The zero-order valence-corrected chi connectivity index (χ0v) is 11.5. The summed E-state index contributed by atoms with van der Waals surface area (Å²) in [5.41, 5.74) is 0.403. The minimum Gasteiger partial charge on any atom is -0.385 e. The smallest absolute Gasteiger partial charge is 0.0931 e. The van der Waals surface area contributed by atoms with Crippen LogP contribution in [0, 0.1) is 5.92 Å². The molecule has 1 aliphatic rings. The minimum absolute atomic E-state index is 0.368. The van der Waals surface area contributed by atoms with Gasteiger partial charge in [0.05, 0.1) is 5.60 Å². The van der Waals surface area contributed by atoms with Crippen molar-refractivity contribution in [2.75, 3.05) is 0 Å². The van der Waals surface area contributed by atoms with Crippen LogP contribution in [0.3, 0.4) is 0 Å². The molecule has 100 valence electrons. The van der Waals surface area contributed by atoms with E-state index in [1.54, 1.807) is 0 Å². The lowest BCUT2D eigenvalue weighted by molar-refractivity contribution is -0.0545. The van der Waals surface area contributed by atoms with Crippen molar-refractivity contribution in [3.05, 3.63) is 42.2 Å². The topological polar surface area (TPSA) is 33.1 Å². The molecular weight excluding hydrogens is 234 g/mol. The summed E-state index contributed by atoms with van der Waals surface area (Å²) < 4.78 is 0. The summed E-state index contributed by atoms with van der Waals surface area (Å²) in [6.07, 6.45) is 9.10. The molecule has 1 saturated carbocycles. The van der Waals surface area contributed by atoms with Gasteiger partial charge in [-0.1, -0.05) is 44.4 Å². The molecule has 2 heteroatoms. The van der Waals surface area contributed by atoms with Crippen LogP contribution < -0.4 is 0 Å². The zero-order chi connectivity index (χ0) is 13.3. The van der Waals surface area contributed by atoms with Gasteiger partial charge in [0.15, 0.2) is 0 Å². The molecule has 0 saturated heterocycles. The van der Waals surface area contributed by atoms with Gasteiger partial charge in [0.1, 0.15) is 0 Å². The third-order valence-electron chi connectivity index (χ3n) is 4.68. The predicted molar refractivity (Wildman–Crippen MR) is 77.9 cm³/mol. The number of aromatic nitrogens is 1. The average molecular weight is 255 g/mol. The number of nitrogens with zero attached hydrogens (tertiary/aromatic N) is 1. The number of hydrogen-bond donors (Lipinski definition) is 1. The number of fused-ring (bicyclic) bond motifs is 1. The first-order chi connectivity index (χ1) is 9.25. The van der Waals surface area contributed by atoms with Gasteiger partial charge in [0.2, 0.25) is 0 Å². The third kappa shape index (κ3) is 2.04. The van der Waals surface area contributed by atoms with Crippen LogP contribution in [0.1, 0.15) is 44.6 Å². The van der Waals surface area contributed by atoms with E-state index in [0.29, 0.717) is 5.92 Å². The molecule has 0 aliphatic heterocycles. The first kappa shape index (κ1) is 12.6. The van der Waals surface area contributed by atoms with E-state index in [-0.39, 0.29) is 0 Å². The monoisotopic (exact) mass is 255 g/mol. The molecule has 19 heavy (non-hydrogen) atoms. The Labute approximate surface area is 114 Å². The second kappa shape index (κ2) is 4.93. The maximum absolute atomic E-state index is 11.3. The highest BCUT2D eigenvalue weighted by atomic mass is 16.3. The lowest BCUT2D eigenvalue weighted by atomic mass is 9.69. The third-order valence-corrected chi connectivity index (χ3v) is 4.68. The second-order valence-electron chi connectivity index (χ2n) is 5.68. The molecule has 0 amide bonds. The van der Waals surface area contributed by atoms with Crippen molar-refractivity contribution >= 4 is 10.8 Å². The molecule has 0 spiro atoms. The Morgan fingerprint density at radius 2 is 2.21 bits per heavy atom. The Balaban J connectivity index is 2.16. The molecule has 2 aromatic rings. The Morgan fingerprint density at radius 3 is 3.05 bits per heavy atom. The number of aliphatic hydroxyl groups is 1. The lowest BCUT2D eigenvalue weighted by Crippen LogP contribution is -2.37. The maximum Gasteiger partial charge on any atom is 0.0931 e. The summed E-state index contributed by atoms with van der Waals surface area (Å²) >= 11 is 0. The lowest BCUT2D eigenvalue weighted by Gasteiger charge is -2.40. The van der Waals surface area contributed by atoms with E-state index >= 15 is 0 Å². The Hall–Kier alpha value is -1.41. The molecule has 1 N–H and O–H groups in total. The first-order valence-corrected chi connectivity index (χ1v) is 7.31. The predicted octanol–water partition coefficient (Wildman–Crippen LogP) is 4.02. The SMILES string of the molecule is CCC1CCCCC1(O)c1cccc2ccncc12. The fraction of sp³-hybridized carbons (Fsp3) is 0.471. The number of rotatable bonds is 2. The van der Waals surface area contributed by atoms with Gasteiger partial charge < -0.3 is 5.11 Å². The number of benzene rings is 1. The fourth-order valence-electron chi connectivity index (χ4n) is 3.62. The molecule has 1 aromatic carbocycles. The van der Waals surface area contributed by atoms with Crippen LogP contribution in [0.15, 0.2) is 36.7 Å². The number of hydrogen-bond acceptors (Lipinski definition) is 2. The van der Waals surface area contributed by atoms with Crippen LogP contribution in [0.5, 0.6) is 0 Å². The van der Waals surface area contributed by atoms with Gasteiger partial charge in [-0.15, -0.1) is 0 Å². The van der Waals surface area contributed by atoms with E-state index in [9.17, 15) is 5.11 Å². The normalized spacial score (nSPS) is 27.6. The zero-order valence-electron chi connectivity index (χ0n) is 11.5. The minimum atomic E-state index is -0.671. The van der Waals surface area contributed by atoms with Crippen molar-refractivity contribution in [2.24, 2.45) is 5.92 Å². The standard InChI is InChI=1S/C17H21NO/c1-2-14-7-3-4-10-17(14,19)16-8-5-6-13-9-11-18-12-15(13)16/h5-6,8-9,11-12,14,19H,2-4,7,10H2,1H3. The van der Waals surface area contributed by atoms with Crippen molar-refractivity contribution in [3.63, 3.8) is 0 Å². The molecule has 0 radical (unpaired) electrons. The Bertz CT molecular complexity index is 575. The molecule has 1 heterocycles. The summed E-state index contributed by atoms with van der Waals surface area (Å²) in [6, 6.07) is 8.24. The molecule has 1 aromatic heterocycles. The summed E-state index contributed by atoms with van der Waals surface area (Å²) in [6.45, 7) is 2.18. The highest BCUT2D eigenvalue weighted by molar-refractivity contribution is 5.85. The second-order valence-corrected chi connectivity index (χ2v) is 5.68. The van der Waals surface area contributed by atoms with Gasteiger partial charge >= 0.3 is 0 Å².